The van der Waals surface area contributed by atoms with E-state index in [-0.39, 0.29) is 12.4 Å². The number of fused-ring (bicyclic) bond motifs is 1. The topological polar surface area (TPSA) is 64.3 Å². The summed E-state index contributed by atoms with van der Waals surface area (Å²) in [5.41, 5.74) is 6.88. The molecule has 6 heteroatoms. The van der Waals surface area contributed by atoms with Crippen LogP contribution in [-0.4, -0.2) is 23.6 Å². The first-order chi connectivity index (χ1) is 11.6. The fourth-order valence-electron chi connectivity index (χ4n) is 2.58. The van der Waals surface area contributed by atoms with Gasteiger partial charge in [-0.05, 0) is 31.2 Å². The molecule has 0 saturated carbocycles. The average Bonchev–Trinajstić information content (AvgIpc) is 2.60. The van der Waals surface area contributed by atoms with Crippen LogP contribution in [0, 0.1) is 5.82 Å². The number of rotatable bonds is 5. The number of ether oxygens (including phenoxy) is 1. The summed E-state index contributed by atoms with van der Waals surface area (Å²) in [7, 11) is 1.77. The monoisotopic (exact) mass is 326 g/mol. The molecule has 0 aliphatic rings. The van der Waals surface area contributed by atoms with Gasteiger partial charge in [0, 0.05) is 18.5 Å². The largest absolute Gasteiger partial charge is 0.494 e. The predicted octanol–water partition coefficient (Wildman–Crippen LogP) is 3.39. The van der Waals surface area contributed by atoms with Gasteiger partial charge in [0.15, 0.2) is 5.82 Å². The summed E-state index contributed by atoms with van der Waals surface area (Å²) < 4.78 is 19.8. The molecule has 3 rings (SSSR count). The molecule has 0 spiro atoms. The van der Waals surface area contributed by atoms with Crippen LogP contribution < -0.4 is 15.4 Å². The molecule has 0 unspecified atom stereocenters. The van der Waals surface area contributed by atoms with Gasteiger partial charge in [-0.1, -0.05) is 12.1 Å². The van der Waals surface area contributed by atoms with E-state index in [0.717, 1.165) is 10.9 Å². The molecular formula is C18H19FN4O. The molecular weight excluding hydrogens is 307 g/mol. The van der Waals surface area contributed by atoms with Crippen LogP contribution in [0.5, 0.6) is 5.75 Å². The molecule has 0 bridgehead atoms. The van der Waals surface area contributed by atoms with Crippen LogP contribution in [0.4, 0.5) is 15.9 Å². The minimum Gasteiger partial charge on any atom is -0.494 e. The summed E-state index contributed by atoms with van der Waals surface area (Å²) in [6, 6.07) is 12.4. The van der Waals surface area contributed by atoms with Gasteiger partial charge in [0.1, 0.15) is 17.4 Å². The Morgan fingerprint density at radius 1 is 1.17 bits per heavy atom. The SMILES string of the molecule is CCOc1ccc(N(C)c2nc(CN)nc3ccccc23)c(F)c1. The lowest BCUT2D eigenvalue weighted by molar-refractivity contribution is 0.338. The molecule has 0 aliphatic carbocycles. The second kappa shape index (κ2) is 6.80. The fraction of sp³-hybridized carbons (Fsp3) is 0.222. The zero-order valence-electron chi connectivity index (χ0n) is 13.7. The van der Waals surface area contributed by atoms with Crippen LogP contribution in [0.3, 0.4) is 0 Å². The van der Waals surface area contributed by atoms with Crippen molar-refractivity contribution in [2.75, 3.05) is 18.6 Å². The van der Waals surface area contributed by atoms with Gasteiger partial charge >= 0.3 is 0 Å². The lowest BCUT2D eigenvalue weighted by atomic mass is 10.2. The summed E-state index contributed by atoms with van der Waals surface area (Å²) in [6.07, 6.45) is 0. The van der Waals surface area contributed by atoms with Crippen molar-refractivity contribution in [3.05, 3.63) is 54.1 Å². The number of anilines is 2. The number of nitrogens with zero attached hydrogens (tertiary/aromatic N) is 3. The first-order valence-electron chi connectivity index (χ1n) is 7.75. The van der Waals surface area contributed by atoms with Crippen LogP contribution in [0.15, 0.2) is 42.5 Å². The van der Waals surface area contributed by atoms with Gasteiger partial charge in [0.2, 0.25) is 0 Å². The number of hydrogen-bond donors (Lipinski definition) is 1. The Balaban J connectivity index is 2.10. The highest BCUT2D eigenvalue weighted by atomic mass is 19.1. The standard InChI is InChI=1S/C18H19FN4O/c1-3-24-12-8-9-16(14(19)10-12)23(2)18-13-6-4-5-7-15(13)21-17(11-20)22-18/h4-10H,3,11,20H2,1-2H3. The van der Waals surface area contributed by atoms with Crippen molar-refractivity contribution in [2.24, 2.45) is 5.73 Å². The van der Waals surface area contributed by atoms with E-state index in [0.29, 0.717) is 29.7 Å². The van der Waals surface area contributed by atoms with Crippen molar-refractivity contribution < 1.29 is 9.13 Å². The number of halogens is 1. The van der Waals surface area contributed by atoms with Crippen LogP contribution in [0.25, 0.3) is 10.9 Å². The number of benzene rings is 2. The van der Waals surface area contributed by atoms with E-state index >= 15 is 0 Å². The maximum Gasteiger partial charge on any atom is 0.150 e. The molecule has 0 saturated heterocycles. The van der Waals surface area contributed by atoms with Crippen molar-refractivity contribution in [1.82, 2.24) is 9.97 Å². The van der Waals surface area contributed by atoms with E-state index in [1.807, 2.05) is 31.2 Å². The molecule has 124 valence electrons. The first-order valence-corrected chi connectivity index (χ1v) is 7.75. The third kappa shape index (κ3) is 3.00. The molecule has 1 heterocycles. The highest BCUT2D eigenvalue weighted by Gasteiger charge is 2.16. The van der Waals surface area contributed by atoms with Gasteiger partial charge in [-0.3, -0.25) is 0 Å². The molecule has 0 fully saturated rings. The molecule has 0 aliphatic heterocycles. The van der Waals surface area contributed by atoms with Crippen LogP contribution in [-0.2, 0) is 6.54 Å². The van der Waals surface area contributed by atoms with Gasteiger partial charge in [0.25, 0.3) is 0 Å². The Hall–Kier alpha value is -2.73. The van der Waals surface area contributed by atoms with Gasteiger partial charge in [0.05, 0.1) is 24.4 Å². The minimum atomic E-state index is -0.375. The van der Waals surface area contributed by atoms with Gasteiger partial charge in [-0.25, -0.2) is 14.4 Å². The quantitative estimate of drug-likeness (QED) is 0.778. The van der Waals surface area contributed by atoms with E-state index < -0.39 is 0 Å². The van der Waals surface area contributed by atoms with Crippen molar-refractivity contribution in [2.45, 2.75) is 13.5 Å². The Labute approximate surface area is 139 Å². The third-order valence-corrected chi connectivity index (χ3v) is 3.72. The van der Waals surface area contributed by atoms with E-state index in [9.17, 15) is 4.39 Å². The van der Waals surface area contributed by atoms with E-state index in [1.165, 1.54) is 6.07 Å². The van der Waals surface area contributed by atoms with Crippen LogP contribution >= 0.6 is 0 Å². The molecule has 0 radical (unpaired) electrons. The Morgan fingerprint density at radius 2 is 1.96 bits per heavy atom. The van der Waals surface area contributed by atoms with E-state index in [2.05, 4.69) is 9.97 Å². The maximum atomic E-state index is 14.5. The molecule has 24 heavy (non-hydrogen) atoms. The number of hydrogen-bond acceptors (Lipinski definition) is 5. The Bertz CT molecular complexity index is 869. The van der Waals surface area contributed by atoms with Crippen LogP contribution in [0.1, 0.15) is 12.7 Å². The maximum absolute atomic E-state index is 14.5. The van der Waals surface area contributed by atoms with E-state index in [1.54, 1.807) is 24.1 Å². The molecule has 2 N–H and O–H groups in total. The highest BCUT2D eigenvalue weighted by molar-refractivity contribution is 5.91. The molecule has 0 amide bonds. The highest BCUT2D eigenvalue weighted by Crippen LogP contribution is 2.31. The molecule has 2 aromatic carbocycles. The number of nitrogens with two attached hydrogens (primary N) is 1. The van der Waals surface area contributed by atoms with Crippen LogP contribution in [0.2, 0.25) is 0 Å². The second-order valence-electron chi connectivity index (χ2n) is 5.29. The van der Waals surface area contributed by atoms with Crippen molar-refractivity contribution >= 4 is 22.4 Å². The second-order valence-corrected chi connectivity index (χ2v) is 5.29. The lowest BCUT2D eigenvalue weighted by Crippen LogP contribution is -2.16. The zero-order valence-corrected chi connectivity index (χ0v) is 13.7. The van der Waals surface area contributed by atoms with Crippen molar-refractivity contribution in [3.63, 3.8) is 0 Å². The van der Waals surface area contributed by atoms with Gasteiger partial charge in [-0.15, -0.1) is 0 Å². The average molecular weight is 326 g/mol. The fourth-order valence-corrected chi connectivity index (χ4v) is 2.58. The minimum absolute atomic E-state index is 0.220. The Kier molecular flexibility index (Phi) is 4.57. The lowest BCUT2D eigenvalue weighted by Gasteiger charge is -2.21. The smallest absolute Gasteiger partial charge is 0.150 e. The Morgan fingerprint density at radius 3 is 2.67 bits per heavy atom. The summed E-state index contributed by atoms with van der Waals surface area (Å²) in [5, 5.41) is 0.838. The first kappa shape index (κ1) is 16.1. The summed E-state index contributed by atoms with van der Waals surface area (Å²) in [5.74, 6) is 1.26. The molecule has 1 aromatic heterocycles. The van der Waals surface area contributed by atoms with Gasteiger partial charge in [-0.2, -0.15) is 0 Å². The normalized spacial score (nSPS) is 10.8. The van der Waals surface area contributed by atoms with E-state index in [4.69, 9.17) is 10.5 Å². The van der Waals surface area contributed by atoms with Crippen molar-refractivity contribution in [3.8, 4) is 5.75 Å². The summed E-state index contributed by atoms with van der Waals surface area (Å²) >= 11 is 0. The molecule has 5 nitrogen and oxygen atoms in total. The molecule has 0 atom stereocenters. The number of para-hydroxylation sites is 1. The van der Waals surface area contributed by atoms with Crippen molar-refractivity contribution in [1.29, 1.82) is 0 Å². The molecule has 3 aromatic rings. The third-order valence-electron chi connectivity index (χ3n) is 3.72. The summed E-state index contributed by atoms with van der Waals surface area (Å²) in [4.78, 5) is 10.6. The zero-order chi connectivity index (χ0) is 17.1. The number of aromatic nitrogens is 2. The predicted molar refractivity (Wildman–Crippen MR) is 93.1 cm³/mol. The summed E-state index contributed by atoms with van der Waals surface area (Å²) in [6.45, 7) is 2.57. The van der Waals surface area contributed by atoms with Gasteiger partial charge < -0.3 is 15.4 Å².